The van der Waals surface area contributed by atoms with Crippen molar-refractivity contribution in [2.75, 3.05) is 19.7 Å². The number of rotatable bonds is 3. The molecule has 106 valence electrons. The molecule has 2 rings (SSSR count). The summed E-state index contributed by atoms with van der Waals surface area (Å²) in [5, 5.41) is 3.30. The second-order valence-electron chi connectivity index (χ2n) is 4.95. The summed E-state index contributed by atoms with van der Waals surface area (Å²) >= 11 is 0. The zero-order valence-corrected chi connectivity index (χ0v) is 10.9. The van der Waals surface area contributed by atoms with E-state index in [0.717, 1.165) is 31.5 Å². The van der Waals surface area contributed by atoms with Gasteiger partial charge in [0.15, 0.2) is 6.61 Å². The molecule has 0 atom stereocenters. The second kappa shape index (κ2) is 5.82. The minimum Gasteiger partial charge on any atom is -0.484 e. The molecule has 0 saturated carbocycles. The van der Waals surface area contributed by atoms with Crippen molar-refractivity contribution in [3.63, 3.8) is 0 Å². The van der Waals surface area contributed by atoms with Crippen molar-refractivity contribution in [3.05, 3.63) is 29.3 Å². The molecular formula is C14H18F3NO. The fourth-order valence-corrected chi connectivity index (χ4v) is 2.49. The second-order valence-corrected chi connectivity index (χ2v) is 4.95. The average Bonchev–Trinajstić information content (AvgIpc) is 2.37. The summed E-state index contributed by atoms with van der Waals surface area (Å²) in [5.41, 5.74) is 2.23. The predicted molar refractivity (Wildman–Crippen MR) is 67.6 cm³/mol. The Bertz CT molecular complexity index is 425. The molecule has 1 fully saturated rings. The van der Waals surface area contributed by atoms with Crippen LogP contribution in [0.3, 0.4) is 0 Å². The Kier molecular flexibility index (Phi) is 4.34. The molecular weight excluding hydrogens is 255 g/mol. The van der Waals surface area contributed by atoms with E-state index >= 15 is 0 Å². The van der Waals surface area contributed by atoms with E-state index in [9.17, 15) is 13.2 Å². The lowest BCUT2D eigenvalue weighted by Gasteiger charge is -2.24. The first kappa shape index (κ1) is 14.2. The van der Waals surface area contributed by atoms with E-state index in [2.05, 4.69) is 5.32 Å². The van der Waals surface area contributed by atoms with Gasteiger partial charge in [0.2, 0.25) is 0 Å². The lowest BCUT2D eigenvalue weighted by Crippen LogP contribution is -2.27. The van der Waals surface area contributed by atoms with Crippen LogP contribution in [0.1, 0.15) is 29.9 Å². The highest BCUT2D eigenvalue weighted by Crippen LogP contribution is 2.30. The third kappa shape index (κ3) is 4.13. The van der Waals surface area contributed by atoms with Crippen LogP contribution in [0, 0.1) is 6.92 Å². The van der Waals surface area contributed by atoms with Gasteiger partial charge in [-0.15, -0.1) is 0 Å². The standard InChI is InChI=1S/C14H18F3NO/c1-10-8-12(19-9-14(15,16)17)2-3-13(10)11-4-6-18-7-5-11/h2-3,8,11,18H,4-7,9H2,1H3. The maximum absolute atomic E-state index is 12.1. The van der Waals surface area contributed by atoms with Gasteiger partial charge >= 0.3 is 6.18 Å². The molecule has 1 aliphatic rings. The van der Waals surface area contributed by atoms with Gasteiger partial charge in [-0.05, 0) is 62.0 Å². The van der Waals surface area contributed by atoms with Crippen molar-refractivity contribution in [3.8, 4) is 5.75 Å². The van der Waals surface area contributed by atoms with Crippen molar-refractivity contribution in [1.29, 1.82) is 0 Å². The molecule has 1 aromatic carbocycles. The number of piperidine rings is 1. The number of halogens is 3. The number of nitrogens with one attached hydrogen (secondary N) is 1. The van der Waals surface area contributed by atoms with Crippen LogP contribution < -0.4 is 10.1 Å². The van der Waals surface area contributed by atoms with Gasteiger partial charge < -0.3 is 10.1 Å². The number of hydrogen-bond donors (Lipinski definition) is 1. The molecule has 1 heterocycles. The molecule has 2 nitrogen and oxygen atoms in total. The number of aryl methyl sites for hydroxylation is 1. The van der Waals surface area contributed by atoms with Gasteiger partial charge in [0.25, 0.3) is 0 Å². The molecule has 1 saturated heterocycles. The molecule has 0 unspecified atom stereocenters. The molecule has 19 heavy (non-hydrogen) atoms. The maximum atomic E-state index is 12.1. The Morgan fingerprint density at radius 3 is 2.53 bits per heavy atom. The van der Waals surface area contributed by atoms with Gasteiger partial charge in [0.05, 0.1) is 0 Å². The summed E-state index contributed by atoms with van der Waals surface area (Å²) in [6.45, 7) is 2.68. The lowest BCUT2D eigenvalue weighted by atomic mass is 9.87. The minimum atomic E-state index is -4.29. The Balaban J connectivity index is 2.04. The first-order valence-electron chi connectivity index (χ1n) is 6.46. The van der Waals surface area contributed by atoms with E-state index in [1.54, 1.807) is 12.1 Å². The highest BCUT2D eigenvalue weighted by molar-refractivity contribution is 5.37. The zero-order chi connectivity index (χ0) is 13.9. The van der Waals surface area contributed by atoms with Crippen LogP contribution in [0.15, 0.2) is 18.2 Å². The number of hydrogen-bond acceptors (Lipinski definition) is 2. The van der Waals surface area contributed by atoms with Gasteiger partial charge in [0.1, 0.15) is 5.75 Å². The lowest BCUT2D eigenvalue weighted by molar-refractivity contribution is -0.153. The van der Waals surface area contributed by atoms with Gasteiger partial charge in [-0.25, -0.2) is 0 Å². The Morgan fingerprint density at radius 2 is 1.95 bits per heavy atom. The molecule has 1 N–H and O–H groups in total. The summed E-state index contributed by atoms with van der Waals surface area (Å²) in [6.07, 6.45) is -2.14. The van der Waals surface area contributed by atoms with Gasteiger partial charge in [-0.3, -0.25) is 0 Å². The maximum Gasteiger partial charge on any atom is 0.422 e. The Hall–Kier alpha value is -1.23. The van der Waals surface area contributed by atoms with Crippen LogP contribution in [0.2, 0.25) is 0 Å². The molecule has 0 aliphatic carbocycles. The van der Waals surface area contributed by atoms with Crippen molar-refractivity contribution >= 4 is 0 Å². The van der Waals surface area contributed by atoms with E-state index in [-0.39, 0.29) is 5.75 Å². The highest BCUT2D eigenvalue weighted by atomic mass is 19.4. The van der Waals surface area contributed by atoms with Crippen molar-refractivity contribution in [1.82, 2.24) is 5.32 Å². The summed E-state index contributed by atoms with van der Waals surface area (Å²) < 4.78 is 41.0. The summed E-state index contributed by atoms with van der Waals surface area (Å²) in [4.78, 5) is 0. The molecule has 0 aromatic heterocycles. The summed E-state index contributed by atoms with van der Waals surface area (Å²) in [5.74, 6) is 0.783. The Morgan fingerprint density at radius 1 is 1.26 bits per heavy atom. The third-order valence-electron chi connectivity index (χ3n) is 3.42. The van der Waals surface area contributed by atoms with E-state index in [0.29, 0.717) is 5.92 Å². The largest absolute Gasteiger partial charge is 0.484 e. The van der Waals surface area contributed by atoms with Crippen LogP contribution in [0.5, 0.6) is 5.75 Å². The average molecular weight is 273 g/mol. The van der Waals surface area contributed by atoms with Crippen LogP contribution in [-0.2, 0) is 0 Å². The summed E-state index contributed by atoms with van der Waals surface area (Å²) in [6, 6.07) is 5.23. The number of alkyl halides is 3. The first-order chi connectivity index (χ1) is 8.96. The van der Waals surface area contributed by atoms with Crippen LogP contribution in [0.4, 0.5) is 13.2 Å². The van der Waals surface area contributed by atoms with Crippen LogP contribution >= 0.6 is 0 Å². The van der Waals surface area contributed by atoms with E-state index in [1.165, 1.54) is 5.56 Å². The quantitative estimate of drug-likeness (QED) is 0.911. The minimum absolute atomic E-state index is 0.285. The molecule has 5 heteroatoms. The van der Waals surface area contributed by atoms with Crippen molar-refractivity contribution in [2.45, 2.75) is 31.9 Å². The molecule has 1 aliphatic heterocycles. The van der Waals surface area contributed by atoms with Gasteiger partial charge in [-0.2, -0.15) is 13.2 Å². The van der Waals surface area contributed by atoms with E-state index in [4.69, 9.17) is 4.74 Å². The SMILES string of the molecule is Cc1cc(OCC(F)(F)F)ccc1C1CCNCC1. The van der Waals surface area contributed by atoms with E-state index in [1.807, 2.05) is 13.0 Å². The molecule has 0 bridgehead atoms. The molecule has 0 radical (unpaired) electrons. The first-order valence-corrected chi connectivity index (χ1v) is 6.46. The normalized spacial score (nSPS) is 17.5. The number of ether oxygens (including phenoxy) is 1. The highest BCUT2D eigenvalue weighted by Gasteiger charge is 2.28. The van der Waals surface area contributed by atoms with Crippen molar-refractivity contribution < 1.29 is 17.9 Å². The summed E-state index contributed by atoms with van der Waals surface area (Å²) in [7, 11) is 0. The molecule has 0 spiro atoms. The Labute approximate surface area is 111 Å². The number of benzene rings is 1. The topological polar surface area (TPSA) is 21.3 Å². The van der Waals surface area contributed by atoms with Crippen LogP contribution in [0.25, 0.3) is 0 Å². The smallest absolute Gasteiger partial charge is 0.422 e. The predicted octanol–water partition coefficient (Wildman–Crippen LogP) is 3.40. The van der Waals surface area contributed by atoms with Crippen LogP contribution in [-0.4, -0.2) is 25.9 Å². The molecule has 0 amide bonds. The van der Waals surface area contributed by atoms with Gasteiger partial charge in [0, 0.05) is 0 Å². The van der Waals surface area contributed by atoms with Gasteiger partial charge in [-0.1, -0.05) is 6.07 Å². The fourth-order valence-electron chi connectivity index (χ4n) is 2.49. The zero-order valence-electron chi connectivity index (χ0n) is 10.9. The fraction of sp³-hybridized carbons (Fsp3) is 0.571. The van der Waals surface area contributed by atoms with E-state index < -0.39 is 12.8 Å². The monoisotopic (exact) mass is 273 g/mol. The molecule has 1 aromatic rings. The van der Waals surface area contributed by atoms with Crippen molar-refractivity contribution in [2.24, 2.45) is 0 Å². The third-order valence-corrected chi connectivity index (χ3v) is 3.42.